The number of likely N-dealkylation sites (tertiary alicyclic amines) is 1. The fourth-order valence-corrected chi connectivity index (χ4v) is 3.11. The second kappa shape index (κ2) is 6.00. The van der Waals surface area contributed by atoms with Gasteiger partial charge in [0.05, 0.1) is 18.6 Å². The van der Waals surface area contributed by atoms with E-state index in [9.17, 15) is 9.90 Å². The molecule has 4 nitrogen and oxygen atoms in total. The number of hydrogen-bond acceptors (Lipinski definition) is 4. The Balaban J connectivity index is 1.61. The number of fused-ring (bicyclic) bond motifs is 1. The van der Waals surface area contributed by atoms with Crippen molar-refractivity contribution in [2.24, 2.45) is 5.92 Å². The van der Waals surface area contributed by atoms with E-state index >= 15 is 0 Å². The highest BCUT2D eigenvalue weighted by Crippen LogP contribution is 2.33. The zero-order valence-corrected chi connectivity index (χ0v) is 12.3. The Bertz CT molecular complexity index is 567. The predicted octanol–water partition coefficient (Wildman–Crippen LogP) is 1.79. The maximum Gasteiger partial charge on any atom is 0.312 e. The first-order valence-corrected chi connectivity index (χ1v) is 7.56. The van der Waals surface area contributed by atoms with Gasteiger partial charge < -0.3 is 9.84 Å². The highest BCUT2D eigenvalue weighted by Gasteiger charge is 2.34. The van der Waals surface area contributed by atoms with Gasteiger partial charge in [-0.1, -0.05) is 24.3 Å². The van der Waals surface area contributed by atoms with Gasteiger partial charge in [0.25, 0.3) is 0 Å². The van der Waals surface area contributed by atoms with E-state index in [1.54, 1.807) is 6.92 Å². The fourth-order valence-electron chi connectivity index (χ4n) is 3.11. The lowest BCUT2D eigenvalue weighted by Crippen LogP contribution is -2.47. The molecule has 0 bridgehead atoms. The number of aliphatic hydroxyl groups is 1. The van der Waals surface area contributed by atoms with Crippen molar-refractivity contribution >= 4 is 17.6 Å². The Hall–Kier alpha value is -1.65. The molecule has 1 aliphatic carbocycles. The number of hydrogen-bond donors (Lipinski definition) is 1. The smallest absolute Gasteiger partial charge is 0.312 e. The van der Waals surface area contributed by atoms with Gasteiger partial charge in [0.1, 0.15) is 0 Å². The Labute approximate surface area is 125 Å². The molecule has 1 aliphatic heterocycles. The molecule has 0 unspecified atom stereocenters. The average molecular weight is 287 g/mol. The minimum Gasteiger partial charge on any atom is -0.466 e. The predicted molar refractivity (Wildman–Crippen MR) is 81.5 cm³/mol. The lowest BCUT2D eigenvalue weighted by atomic mass is 9.87. The first-order chi connectivity index (χ1) is 10.2. The van der Waals surface area contributed by atoms with Crippen molar-refractivity contribution in [1.29, 1.82) is 0 Å². The second-order valence-corrected chi connectivity index (χ2v) is 5.71. The lowest BCUT2D eigenvalue weighted by Gasteiger charge is -2.36. The van der Waals surface area contributed by atoms with Crippen molar-refractivity contribution in [3.05, 3.63) is 35.4 Å². The number of carbonyl (C=O) groups is 1. The number of benzene rings is 1. The second-order valence-electron chi connectivity index (χ2n) is 5.71. The monoisotopic (exact) mass is 287 g/mol. The summed E-state index contributed by atoms with van der Waals surface area (Å²) in [6, 6.07) is 8.33. The largest absolute Gasteiger partial charge is 0.466 e. The van der Waals surface area contributed by atoms with Crippen LogP contribution < -0.4 is 0 Å². The summed E-state index contributed by atoms with van der Waals surface area (Å²) in [5.74, 6) is -0.702. The maximum atomic E-state index is 11.9. The Morgan fingerprint density at radius 2 is 2.24 bits per heavy atom. The third-order valence-electron chi connectivity index (χ3n) is 4.28. The van der Waals surface area contributed by atoms with E-state index in [0.717, 1.165) is 13.1 Å². The van der Waals surface area contributed by atoms with Crippen molar-refractivity contribution in [2.45, 2.75) is 19.4 Å². The van der Waals surface area contributed by atoms with E-state index in [1.165, 1.54) is 16.7 Å². The summed E-state index contributed by atoms with van der Waals surface area (Å²) in [5.41, 5.74) is 3.90. The summed E-state index contributed by atoms with van der Waals surface area (Å²) in [7, 11) is 0. The first-order valence-electron chi connectivity index (χ1n) is 7.56. The average Bonchev–Trinajstić information content (AvgIpc) is 2.46. The summed E-state index contributed by atoms with van der Waals surface area (Å²) in [5, 5.41) is 10.0. The zero-order valence-electron chi connectivity index (χ0n) is 12.3. The molecule has 1 N–H and O–H groups in total. The van der Waals surface area contributed by atoms with Crippen LogP contribution in [0.1, 0.15) is 24.5 Å². The molecular weight excluding hydrogens is 266 g/mol. The van der Waals surface area contributed by atoms with Gasteiger partial charge in [-0.05, 0) is 36.1 Å². The van der Waals surface area contributed by atoms with Gasteiger partial charge in [-0.3, -0.25) is 9.69 Å². The highest BCUT2D eigenvalue weighted by atomic mass is 16.5. The minimum absolute atomic E-state index is 0.280. The zero-order chi connectivity index (χ0) is 14.8. The molecule has 2 atom stereocenters. The van der Waals surface area contributed by atoms with Gasteiger partial charge in [-0.2, -0.15) is 0 Å². The van der Waals surface area contributed by atoms with Gasteiger partial charge in [-0.25, -0.2) is 0 Å². The van der Waals surface area contributed by atoms with E-state index in [4.69, 9.17) is 4.74 Å². The Morgan fingerprint density at radius 1 is 1.43 bits per heavy atom. The molecule has 21 heavy (non-hydrogen) atoms. The summed E-state index contributed by atoms with van der Waals surface area (Å²) in [6.07, 6.45) is 2.24. The topological polar surface area (TPSA) is 49.8 Å². The molecule has 0 radical (unpaired) electrons. The maximum absolute atomic E-state index is 11.9. The van der Waals surface area contributed by atoms with Crippen molar-refractivity contribution < 1.29 is 14.6 Å². The van der Waals surface area contributed by atoms with E-state index in [-0.39, 0.29) is 5.97 Å². The first kappa shape index (κ1) is 14.3. The van der Waals surface area contributed by atoms with E-state index in [0.29, 0.717) is 19.6 Å². The van der Waals surface area contributed by atoms with Crippen LogP contribution in [0.4, 0.5) is 0 Å². The van der Waals surface area contributed by atoms with Crippen molar-refractivity contribution in [2.75, 3.05) is 26.2 Å². The number of esters is 1. The van der Waals surface area contributed by atoms with E-state index < -0.39 is 12.0 Å². The summed E-state index contributed by atoms with van der Waals surface area (Å²) in [6.45, 7) is 4.37. The van der Waals surface area contributed by atoms with Crippen LogP contribution >= 0.6 is 0 Å². The third kappa shape index (κ3) is 2.87. The Kier molecular flexibility index (Phi) is 4.08. The minimum atomic E-state index is -0.581. The normalized spacial score (nSPS) is 24.8. The number of carbonyl (C=O) groups excluding carboxylic acids is 1. The standard InChI is InChI=1S/C17H21NO3/c1-2-21-17(20)15-11-18(8-7-16(15)19)10-13-9-12-5-3-4-6-14(12)13/h3-6,9,15-16,19H,2,7-8,10-11H2,1H3/t15-,16-/m1/s1. The number of aliphatic hydroxyl groups excluding tert-OH is 1. The number of rotatable bonds is 4. The highest BCUT2D eigenvalue weighted by molar-refractivity contribution is 5.96. The van der Waals surface area contributed by atoms with Gasteiger partial charge >= 0.3 is 5.97 Å². The summed E-state index contributed by atoms with van der Waals surface area (Å²) < 4.78 is 5.06. The van der Waals surface area contributed by atoms with Crippen LogP contribution in [0.2, 0.25) is 0 Å². The molecule has 0 spiro atoms. The van der Waals surface area contributed by atoms with Crippen LogP contribution in [0.25, 0.3) is 11.6 Å². The van der Waals surface area contributed by atoms with Gasteiger partial charge in [0.2, 0.25) is 0 Å². The molecule has 1 aromatic rings. The van der Waals surface area contributed by atoms with Crippen molar-refractivity contribution in [3.63, 3.8) is 0 Å². The molecule has 2 aliphatic rings. The van der Waals surface area contributed by atoms with E-state index in [2.05, 4.69) is 23.1 Å². The Morgan fingerprint density at radius 3 is 3.00 bits per heavy atom. The molecule has 4 heteroatoms. The van der Waals surface area contributed by atoms with Crippen molar-refractivity contribution in [1.82, 2.24) is 4.90 Å². The molecular formula is C17H21NO3. The molecule has 1 fully saturated rings. The molecule has 0 amide bonds. The van der Waals surface area contributed by atoms with E-state index in [1.807, 2.05) is 12.1 Å². The number of ether oxygens (including phenoxy) is 1. The summed E-state index contributed by atoms with van der Waals surface area (Å²) in [4.78, 5) is 14.1. The third-order valence-corrected chi connectivity index (χ3v) is 4.28. The molecule has 0 aromatic heterocycles. The molecule has 1 saturated heterocycles. The lowest BCUT2D eigenvalue weighted by molar-refractivity contribution is -0.155. The summed E-state index contributed by atoms with van der Waals surface area (Å²) >= 11 is 0. The molecule has 0 saturated carbocycles. The van der Waals surface area contributed by atoms with Gasteiger partial charge in [0, 0.05) is 19.6 Å². The van der Waals surface area contributed by atoms with Gasteiger partial charge in [0.15, 0.2) is 0 Å². The molecule has 3 rings (SSSR count). The van der Waals surface area contributed by atoms with Crippen LogP contribution in [-0.4, -0.2) is 48.3 Å². The quantitative estimate of drug-likeness (QED) is 0.858. The SMILES string of the molecule is CCOC(=O)[C@@H]1CN(CC2=Cc3ccccc32)CC[C@H]1O. The van der Waals surface area contributed by atoms with Crippen LogP contribution in [-0.2, 0) is 9.53 Å². The van der Waals surface area contributed by atoms with Crippen LogP contribution in [0.15, 0.2) is 24.3 Å². The fraction of sp³-hybridized carbons (Fsp3) is 0.471. The molecule has 112 valence electrons. The molecule has 1 heterocycles. The number of piperidine rings is 1. The molecule has 1 aromatic carbocycles. The van der Waals surface area contributed by atoms with Crippen molar-refractivity contribution in [3.8, 4) is 0 Å². The number of nitrogens with zero attached hydrogens (tertiary/aromatic N) is 1. The van der Waals surface area contributed by atoms with Gasteiger partial charge in [-0.15, -0.1) is 0 Å². The van der Waals surface area contributed by atoms with Crippen LogP contribution in [0, 0.1) is 5.92 Å². The van der Waals surface area contributed by atoms with Crippen LogP contribution in [0.5, 0.6) is 0 Å². The van der Waals surface area contributed by atoms with Crippen LogP contribution in [0.3, 0.4) is 0 Å².